The van der Waals surface area contributed by atoms with Crippen LogP contribution in [0.3, 0.4) is 0 Å². The van der Waals surface area contributed by atoms with E-state index >= 15 is 0 Å². The van der Waals surface area contributed by atoms with Crippen LogP contribution >= 0.6 is 0 Å². The molecule has 2 aliphatic heterocycles. The summed E-state index contributed by atoms with van der Waals surface area (Å²) in [5, 5.41) is 12.0. The Morgan fingerprint density at radius 2 is 1.97 bits per heavy atom. The number of hydrogen-bond donors (Lipinski definition) is 2. The van der Waals surface area contributed by atoms with Gasteiger partial charge in [0.1, 0.15) is 11.4 Å². The predicted octanol–water partition coefficient (Wildman–Crippen LogP) is 3.53. The number of aliphatic carboxylic acids is 1. The van der Waals surface area contributed by atoms with Gasteiger partial charge < -0.3 is 19.9 Å². The summed E-state index contributed by atoms with van der Waals surface area (Å²) in [6, 6.07) is 3.81. The molecule has 0 unspecified atom stereocenters. The van der Waals surface area contributed by atoms with E-state index < -0.39 is 23.3 Å². The van der Waals surface area contributed by atoms with Gasteiger partial charge in [-0.05, 0) is 69.2 Å². The average Bonchev–Trinajstić information content (AvgIpc) is 3.72. The molecule has 2 N–H and O–H groups in total. The first-order valence-electron chi connectivity index (χ1n) is 13.3. The lowest BCUT2D eigenvalue weighted by atomic mass is 9.85. The zero-order valence-electron chi connectivity index (χ0n) is 22.2. The van der Waals surface area contributed by atoms with Gasteiger partial charge in [-0.3, -0.25) is 19.4 Å². The normalized spacial score (nSPS) is 28.1. The highest BCUT2D eigenvalue weighted by Crippen LogP contribution is 2.47. The molecule has 1 aromatic carbocycles. The van der Waals surface area contributed by atoms with Gasteiger partial charge in [-0.15, -0.1) is 0 Å². The number of carbonyl (C=O) groups is 2. The van der Waals surface area contributed by atoms with E-state index in [1.165, 1.54) is 13.2 Å². The van der Waals surface area contributed by atoms with Crippen LogP contribution in [0.5, 0.6) is 5.75 Å². The zero-order chi connectivity index (χ0) is 27.7. The van der Waals surface area contributed by atoms with E-state index in [9.17, 15) is 22.8 Å². The van der Waals surface area contributed by atoms with Crippen LogP contribution in [0.4, 0.5) is 13.2 Å². The Labute approximate surface area is 221 Å². The number of piperazine rings is 1. The Morgan fingerprint density at radius 1 is 1.24 bits per heavy atom. The molecule has 2 saturated heterocycles. The molecule has 0 spiro atoms. The number of carboxylic acids is 1. The summed E-state index contributed by atoms with van der Waals surface area (Å²) in [7, 11) is 1.31. The largest absolute Gasteiger partial charge is 0.497 e. The van der Waals surface area contributed by atoms with Crippen molar-refractivity contribution in [1.29, 1.82) is 0 Å². The molecular formula is C27H38F3N3O5. The number of nitrogens with one attached hydrogen (secondary N) is 1. The lowest BCUT2D eigenvalue weighted by Crippen LogP contribution is -2.61. The minimum absolute atomic E-state index is 0.0322. The van der Waals surface area contributed by atoms with E-state index in [0.717, 1.165) is 51.0 Å². The summed E-state index contributed by atoms with van der Waals surface area (Å²) in [6.45, 7) is 6.81. The minimum Gasteiger partial charge on any atom is -0.497 e. The fraction of sp³-hybridized carbons (Fsp3) is 0.704. The van der Waals surface area contributed by atoms with Gasteiger partial charge in [0, 0.05) is 44.3 Å². The molecule has 8 nitrogen and oxygen atoms in total. The summed E-state index contributed by atoms with van der Waals surface area (Å²) < 4.78 is 51.2. The number of hydrogen-bond acceptors (Lipinski definition) is 6. The van der Waals surface area contributed by atoms with E-state index in [2.05, 4.69) is 22.0 Å². The van der Waals surface area contributed by atoms with Crippen molar-refractivity contribution in [1.82, 2.24) is 15.1 Å². The number of benzene rings is 1. The number of halogens is 3. The number of nitrogens with zero attached hydrogens (tertiary/aromatic N) is 2. The number of carbonyl (C=O) groups excluding carboxylic acids is 1. The standard InChI is InChI=1S/C27H38F3N3O5/c1-17(10-24(34)35)33-9-8-32(15-18(33)2)22-6-7-26(38-16-22,20-4-5-20)25(36)31-14-19-11-21(27(28,29)30)13-23(12-19)37-3/h11-13,17-18,20,22H,4-10,14-16H2,1-3H3,(H,31,36)(H,34,35)/t17-,18-,22+,26-/m0/s1. The lowest BCUT2D eigenvalue weighted by molar-refractivity contribution is -0.166. The maximum Gasteiger partial charge on any atom is 0.416 e. The van der Waals surface area contributed by atoms with Crippen LogP contribution in [0.1, 0.15) is 57.1 Å². The molecule has 1 saturated carbocycles. The van der Waals surface area contributed by atoms with Crippen LogP contribution in [0, 0.1) is 5.92 Å². The molecule has 1 amide bonds. The summed E-state index contributed by atoms with van der Waals surface area (Å²) in [5.74, 6) is -0.859. The molecule has 0 aromatic heterocycles. The van der Waals surface area contributed by atoms with Crippen molar-refractivity contribution in [2.24, 2.45) is 5.92 Å². The first kappa shape index (κ1) is 28.6. The number of methoxy groups -OCH3 is 1. The molecule has 0 radical (unpaired) electrons. The van der Waals surface area contributed by atoms with Crippen molar-refractivity contribution in [3.63, 3.8) is 0 Å². The average molecular weight is 542 g/mol. The van der Waals surface area contributed by atoms with Gasteiger partial charge in [0.25, 0.3) is 5.91 Å². The van der Waals surface area contributed by atoms with Gasteiger partial charge in [-0.2, -0.15) is 13.2 Å². The number of rotatable bonds is 9. The number of ether oxygens (including phenoxy) is 2. The van der Waals surface area contributed by atoms with Gasteiger partial charge in [-0.25, -0.2) is 0 Å². The van der Waals surface area contributed by atoms with Crippen molar-refractivity contribution in [3.8, 4) is 5.75 Å². The van der Waals surface area contributed by atoms with Crippen LogP contribution in [0.25, 0.3) is 0 Å². The van der Waals surface area contributed by atoms with Crippen LogP contribution in [0.2, 0.25) is 0 Å². The van der Waals surface area contributed by atoms with Crippen LogP contribution in [-0.2, 0) is 27.0 Å². The van der Waals surface area contributed by atoms with E-state index in [0.29, 0.717) is 18.6 Å². The molecule has 212 valence electrons. The Bertz CT molecular complexity index is 1010. The molecule has 3 fully saturated rings. The molecule has 0 bridgehead atoms. The van der Waals surface area contributed by atoms with Crippen molar-refractivity contribution in [3.05, 3.63) is 29.3 Å². The second-order valence-electron chi connectivity index (χ2n) is 10.9. The summed E-state index contributed by atoms with van der Waals surface area (Å²) in [5.41, 5.74) is -1.46. The maximum absolute atomic E-state index is 13.4. The Hall–Kier alpha value is -2.37. The Kier molecular flexibility index (Phi) is 8.59. The minimum atomic E-state index is -4.51. The second kappa shape index (κ2) is 11.4. The SMILES string of the molecule is COc1cc(CNC(=O)[C@@]2(C3CC3)CC[C@@H](N3CCN([C@@H](C)CC(=O)O)[C@@H](C)C3)CO2)cc(C(F)(F)F)c1. The van der Waals surface area contributed by atoms with Crippen molar-refractivity contribution < 1.29 is 37.3 Å². The van der Waals surface area contributed by atoms with Crippen LogP contribution < -0.4 is 10.1 Å². The molecule has 4 atom stereocenters. The fourth-order valence-electron chi connectivity index (χ4n) is 6.04. The number of alkyl halides is 3. The topological polar surface area (TPSA) is 91.3 Å². The molecule has 4 rings (SSSR count). The van der Waals surface area contributed by atoms with E-state index in [4.69, 9.17) is 14.6 Å². The van der Waals surface area contributed by atoms with Gasteiger partial charge in [0.15, 0.2) is 0 Å². The van der Waals surface area contributed by atoms with Crippen molar-refractivity contribution in [2.75, 3.05) is 33.4 Å². The zero-order valence-corrected chi connectivity index (χ0v) is 22.2. The van der Waals surface area contributed by atoms with Crippen LogP contribution in [0.15, 0.2) is 18.2 Å². The Morgan fingerprint density at radius 3 is 2.53 bits per heavy atom. The van der Waals surface area contributed by atoms with Gasteiger partial charge in [-0.1, -0.05) is 0 Å². The van der Waals surface area contributed by atoms with E-state index in [1.54, 1.807) is 0 Å². The molecule has 3 aliphatic rings. The van der Waals surface area contributed by atoms with Crippen molar-refractivity contribution in [2.45, 2.75) is 82.4 Å². The second-order valence-corrected chi connectivity index (χ2v) is 10.9. The first-order valence-corrected chi connectivity index (χ1v) is 13.3. The smallest absolute Gasteiger partial charge is 0.416 e. The highest BCUT2D eigenvalue weighted by Gasteiger charge is 2.54. The highest BCUT2D eigenvalue weighted by molar-refractivity contribution is 5.86. The highest BCUT2D eigenvalue weighted by atomic mass is 19.4. The molecule has 11 heteroatoms. The number of carboxylic acid groups (broad SMARTS) is 1. The molecule has 1 aromatic rings. The monoisotopic (exact) mass is 541 g/mol. The first-order chi connectivity index (χ1) is 17.9. The Balaban J connectivity index is 1.35. The van der Waals surface area contributed by atoms with Crippen molar-refractivity contribution >= 4 is 11.9 Å². The van der Waals surface area contributed by atoms with Gasteiger partial charge >= 0.3 is 12.1 Å². The summed E-state index contributed by atoms with van der Waals surface area (Å²) >= 11 is 0. The van der Waals surface area contributed by atoms with E-state index in [1.807, 2.05) is 6.92 Å². The van der Waals surface area contributed by atoms with Gasteiger partial charge in [0.2, 0.25) is 0 Å². The third-order valence-electron chi connectivity index (χ3n) is 8.25. The fourth-order valence-corrected chi connectivity index (χ4v) is 6.04. The number of amides is 1. The summed E-state index contributed by atoms with van der Waals surface area (Å²) in [4.78, 5) is 29.1. The van der Waals surface area contributed by atoms with Crippen LogP contribution in [-0.4, -0.2) is 83.9 Å². The maximum atomic E-state index is 13.4. The summed E-state index contributed by atoms with van der Waals surface area (Å²) in [6.07, 6.45) is -1.26. The molecular weight excluding hydrogens is 503 g/mol. The van der Waals surface area contributed by atoms with E-state index in [-0.39, 0.29) is 48.7 Å². The third-order valence-corrected chi connectivity index (χ3v) is 8.25. The third kappa shape index (κ3) is 6.43. The molecule has 1 aliphatic carbocycles. The molecule has 38 heavy (non-hydrogen) atoms. The predicted molar refractivity (Wildman–Crippen MR) is 134 cm³/mol. The molecule has 2 heterocycles. The lowest BCUT2D eigenvalue weighted by Gasteiger charge is -2.48. The quantitative estimate of drug-likeness (QED) is 0.494. The van der Waals surface area contributed by atoms with Gasteiger partial charge in [0.05, 0.1) is 25.7 Å².